The van der Waals surface area contributed by atoms with E-state index < -0.39 is 11.6 Å². The van der Waals surface area contributed by atoms with Gasteiger partial charge >= 0.3 is 5.69 Å². The van der Waals surface area contributed by atoms with Gasteiger partial charge in [-0.3, -0.25) is 14.2 Å². The van der Waals surface area contributed by atoms with Crippen LogP contribution >= 0.6 is 0 Å². The van der Waals surface area contributed by atoms with Gasteiger partial charge in [0.2, 0.25) is 0 Å². The zero-order valence-electron chi connectivity index (χ0n) is 13.6. The van der Waals surface area contributed by atoms with Crippen molar-refractivity contribution < 1.29 is 4.79 Å². The van der Waals surface area contributed by atoms with E-state index in [9.17, 15) is 9.59 Å². The lowest BCUT2D eigenvalue weighted by Crippen LogP contribution is -2.19. The van der Waals surface area contributed by atoms with Crippen molar-refractivity contribution in [1.29, 1.82) is 0 Å². The third-order valence-corrected chi connectivity index (χ3v) is 4.13. The second kappa shape index (κ2) is 5.89. The zero-order chi connectivity index (χ0) is 18.3. The number of nitrogens with one attached hydrogen (secondary N) is 1. The molecule has 0 atom stereocenters. The fraction of sp³-hybridized carbons (Fsp3) is 0. The Bertz CT molecular complexity index is 1190. The van der Waals surface area contributed by atoms with Crippen molar-refractivity contribution in [1.82, 2.24) is 14.4 Å². The smallest absolute Gasteiger partial charge is 0.332 e. The molecule has 0 aliphatic carbocycles. The number of hydrogen-bond donors (Lipinski definition) is 3. The summed E-state index contributed by atoms with van der Waals surface area (Å²) in [6.45, 7) is 0. The molecule has 0 fully saturated rings. The van der Waals surface area contributed by atoms with Gasteiger partial charge in [0.05, 0.1) is 5.56 Å². The van der Waals surface area contributed by atoms with Crippen LogP contribution in [0.2, 0.25) is 0 Å². The van der Waals surface area contributed by atoms with Crippen LogP contribution in [0, 0.1) is 0 Å². The van der Waals surface area contributed by atoms with Crippen molar-refractivity contribution in [2.24, 2.45) is 5.73 Å². The minimum atomic E-state index is -0.650. The highest BCUT2D eigenvalue weighted by atomic mass is 16.1. The quantitative estimate of drug-likeness (QED) is 0.492. The van der Waals surface area contributed by atoms with Crippen LogP contribution in [0.15, 0.2) is 65.6 Å². The summed E-state index contributed by atoms with van der Waals surface area (Å²) >= 11 is 0. The average Bonchev–Trinajstić information content (AvgIpc) is 3.03. The Kier molecular flexibility index (Phi) is 3.54. The summed E-state index contributed by atoms with van der Waals surface area (Å²) in [5, 5.41) is 0. The summed E-state index contributed by atoms with van der Waals surface area (Å²) in [5.74, 6) is -0.335. The molecule has 0 aliphatic heterocycles. The van der Waals surface area contributed by atoms with Gasteiger partial charge in [0.25, 0.3) is 5.91 Å². The highest BCUT2D eigenvalue weighted by Gasteiger charge is 2.20. The second-order valence-corrected chi connectivity index (χ2v) is 5.86. The molecule has 0 saturated carbocycles. The number of rotatable bonds is 3. The maximum absolute atomic E-state index is 12.6. The SMILES string of the molecule is NC(=O)c1c(-c2ccccc2)cn2c(=O)[nH]c(-c3cccc(N)c3)nc12. The van der Waals surface area contributed by atoms with Crippen molar-refractivity contribution in [3.05, 3.63) is 76.8 Å². The fourth-order valence-corrected chi connectivity index (χ4v) is 2.96. The molecule has 0 unspecified atom stereocenters. The summed E-state index contributed by atoms with van der Waals surface area (Å²) in [7, 11) is 0. The third kappa shape index (κ3) is 2.51. The van der Waals surface area contributed by atoms with E-state index in [-0.39, 0.29) is 11.2 Å². The molecular formula is C19H15N5O2. The van der Waals surface area contributed by atoms with Gasteiger partial charge in [-0.15, -0.1) is 0 Å². The molecular weight excluding hydrogens is 330 g/mol. The fourth-order valence-electron chi connectivity index (χ4n) is 2.96. The van der Waals surface area contributed by atoms with Gasteiger partial charge in [-0.1, -0.05) is 42.5 Å². The maximum atomic E-state index is 12.6. The lowest BCUT2D eigenvalue weighted by molar-refractivity contribution is 0.100. The molecule has 0 spiro atoms. The molecule has 2 aromatic heterocycles. The van der Waals surface area contributed by atoms with Crippen molar-refractivity contribution in [2.75, 3.05) is 5.73 Å². The summed E-state index contributed by atoms with van der Waals surface area (Å²) in [6.07, 6.45) is 1.57. The summed E-state index contributed by atoms with van der Waals surface area (Å²) in [4.78, 5) is 31.9. The van der Waals surface area contributed by atoms with Crippen molar-refractivity contribution in [3.63, 3.8) is 0 Å². The number of nitrogens with zero attached hydrogens (tertiary/aromatic N) is 2. The van der Waals surface area contributed by atoms with E-state index in [1.54, 1.807) is 30.5 Å². The molecule has 0 bridgehead atoms. The minimum Gasteiger partial charge on any atom is -0.399 e. The van der Waals surface area contributed by atoms with Crippen LogP contribution in [0.5, 0.6) is 0 Å². The highest BCUT2D eigenvalue weighted by Crippen LogP contribution is 2.28. The Balaban J connectivity index is 2.03. The number of carbonyl (C=O) groups excluding carboxylic acids is 1. The van der Waals surface area contributed by atoms with Gasteiger partial charge in [-0.2, -0.15) is 0 Å². The minimum absolute atomic E-state index is 0.201. The van der Waals surface area contributed by atoms with Crippen LogP contribution in [-0.4, -0.2) is 20.3 Å². The van der Waals surface area contributed by atoms with E-state index in [2.05, 4.69) is 9.97 Å². The Hall–Kier alpha value is -3.87. The highest BCUT2D eigenvalue weighted by molar-refractivity contribution is 6.06. The molecule has 4 rings (SSSR count). The normalized spacial score (nSPS) is 10.9. The zero-order valence-corrected chi connectivity index (χ0v) is 13.6. The number of anilines is 1. The molecule has 5 N–H and O–H groups in total. The van der Waals surface area contributed by atoms with Crippen molar-refractivity contribution in [3.8, 4) is 22.5 Å². The number of carbonyl (C=O) groups is 1. The number of H-pyrrole nitrogens is 1. The van der Waals surface area contributed by atoms with Crippen LogP contribution in [-0.2, 0) is 0 Å². The van der Waals surface area contributed by atoms with Crippen LogP contribution < -0.4 is 17.2 Å². The standard InChI is InChI=1S/C19H15N5O2/c20-13-8-4-7-12(9-13)17-22-18-15(16(21)25)14(10-24(18)19(26)23-17)11-5-2-1-3-6-11/h1-10H,20H2,(H2,21,25)(H,22,23,26). The number of nitrogen functional groups attached to an aromatic ring is 1. The average molecular weight is 345 g/mol. The van der Waals surface area contributed by atoms with Crippen LogP contribution in [0.1, 0.15) is 10.4 Å². The van der Waals surface area contributed by atoms with Crippen molar-refractivity contribution >= 4 is 17.2 Å². The molecule has 26 heavy (non-hydrogen) atoms. The first-order chi connectivity index (χ1) is 12.5. The molecule has 7 nitrogen and oxygen atoms in total. The first-order valence-electron chi connectivity index (χ1n) is 7.91. The molecule has 0 aliphatic rings. The Labute approximate surface area is 147 Å². The van der Waals surface area contributed by atoms with Crippen molar-refractivity contribution in [2.45, 2.75) is 0 Å². The van der Waals surface area contributed by atoms with Crippen LogP contribution in [0.4, 0.5) is 5.69 Å². The number of nitrogens with two attached hydrogens (primary N) is 2. The third-order valence-electron chi connectivity index (χ3n) is 4.13. The lowest BCUT2D eigenvalue weighted by Gasteiger charge is -2.04. The first-order valence-corrected chi connectivity index (χ1v) is 7.91. The van der Waals surface area contributed by atoms with Gasteiger partial charge in [0.1, 0.15) is 5.82 Å². The van der Waals surface area contributed by atoms with E-state index in [0.717, 1.165) is 5.56 Å². The molecule has 2 heterocycles. The monoisotopic (exact) mass is 345 g/mol. The number of benzene rings is 2. The van der Waals surface area contributed by atoms with Crippen LogP contribution in [0.25, 0.3) is 28.2 Å². The number of aromatic amines is 1. The van der Waals surface area contributed by atoms with Gasteiger partial charge < -0.3 is 11.5 Å². The van der Waals surface area contributed by atoms with E-state index in [1.807, 2.05) is 30.3 Å². The number of hydrogen-bond acceptors (Lipinski definition) is 4. The van der Waals surface area contributed by atoms with E-state index in [0.29, 0.717) is 22.6 Å². The molecule has 7 heteroatoms. The van der Waals surface area contributed by atoms with Gasteiger partial charge in [0, 0.05) is 23.0 Å². The predicted molar refractivity (Wildman–Crippen MR) is 99.6 cm³/mol. The van der Waals surface area contributed by atoms with Gasteiger partial charge in [-0.05, 0) is 17.7 Å². The first kappa shape index (κ1) is 15.6. The predicted octanol–water partition coefficient (Wildman–Crippen LogP) is 2.04. The number of primary amides is 1. The summed E-state index contributed by atoms with van der Waals surface area (Å²) in [6, 6.07) is 16.2. The molecule has 0 radical (unpaired) electrons. The number of amides is 1. The number of fused-ring (bicyclic) bond motifs is 1. The van der Waals surface area contributed by atoms with Crippen LogP contribution in [0.3, 0.4) is 0 Å². The largest absolute Gasteiger partial charge is 0.399 e. The van der Waals surface area contributed by atoms with Gasteiger partial charge in [0.15, 0.2) is 5.65 Å². The Morgan fingerprint density at radius 1 is 1.04 bits per heavy atom. The molecule has 1 amide bonds. The van der Waals surface area contributed by atoms with E-state index >= 15 is 0 Å². The second-order valence-electron chi connectivity index (χ2n) is 5.86. The molecule has 2 aromatic carbocycles. The summed E-state index contributed by atoms with van der Waals surface area (Å²) in [5.41, 5.74) is 13.9. The Morgan fingerprint density at radius 3 is 2.46 bits per heavy atom. The topological polar surface area (TPSA) is 119 Å². The molecule has 4 aromatic rings. The molecule has 0 saturated heterocycles. The van der Waals surface area contributed by atoms with E-state index in [1.165, 1.54) is 4.40 Å². The van der Waals surface area contributed by atoms with Gasteiger partial charge in [-0.25, -0.2) is 9.78 Å². The maximum Gasteiger partial charge on any atom is 0.332 e. The summed E-state index contributed by atoms with van der Waals surface area (Å²) < 4.78 is 1.29. The van der Waals surface area contributed by atoms with E-state index in [4.69, 9.17) is 11.5 Å². The lowest BCUT2D eigenvalue weighted by atomic mass is 10.0. The molecule has 128 valence electrons. The number of aromatic nitrogens is 3. The Morgan fingerprint density at radius 2 is 1.77 bits per heavy atom.